The van der Waals surface area contributed by atoms with E-state index in [2.05, 4.69) is 10.1 Å². The molecule has 0 radical (unpaired) electrons. The van der Waals surface area contributed by atoms with Crippen LogP contribution in [0.4, 0.5) is 0 Å². The Balaban J connectivity index is 4.62. The predicted octanol–water partition coefficient (Wildman–Crippen LogP) is -0.754. The Labute approximate surface area is 99.3 Å². The molecule has 98 valence electrons. The van der Waals surface area contributed by atoms with Crippen LogP contribution < -0.4 is 11.1 Å². The zero-order valence-electron chi connectivity index (χ0n) is 10.1. The lowest BCUT2D eigenvalue weighted by atomic mass is 9.99. The van der Waals surface area contributed by atoms with E-state index in [9.17, 15) is 14.4 Å². The van der Waals surface area contributed by atoms with Gasteiger partial charge in [0.15, 0.2) is 0 Å². The van der Waals surface area contributed by atoms with Gasteiger partial charge in [-0.25, -0.2) is 4.79 Å². The summed E-state index contributed by atoms with van der Waals surface area (Å²) >= 11 is 0. The molecule has 0 aliphatic carbocycles. The number of carboxylic acid groups (broad SMARTS) is 1. The number of carbonyl (C=O) groups excluding carboxylic acids is 2. The lowest BCUT2D eigenvalue weighted by molar-refractivity contribution is -0.149. The Kier molecular flexibility index (Phi) is 5.60. The number of hydrogen-bond donors (Lipinski definition) is 3. The first-order valence-corrected chi connectivity index (χ1v) is 5.14. The SMILES string of the molecule is CCC(C)(N)C(=O)N[C@@H](CC(=O)OC)C(=O)O. The third-order valence-corrected chi connectivity index (χ3v) is 2.46. The number of aliphatic carboxylic acids is 1. The number of methoxy groups -OCH3 is 1. The average Bonchev–Trinajstić information content (AvgIpc) is 2.27. The van der Waals surface area contributed by atoms with Gasteiger partial charge in [0.25, 0.3) is 0 Å². The molecule has 0 aromatic carbocycles. The molecule has 4 N–H and O–H groups in total. The van der Waals surface area contributed by atoms with Gasteiger partial charge in [-0.1, -0.05) is 6.92 Å². The number of nitrogens with two attached hydrogens (primary N) is 1. The molecule has 0 rings (SSSR count). The molecule has 0 bridgehead atoms. The van der Waals surface area contributed by atoms with E-state index in [1.54, 1.807) is 6.92 Å². The van der Waals surface area contributed by atoms with Gasteiger partial charge in [0.05, 0.1) is 19.1 Å². The number of hydrogen-bond acceptors (Lipinski definition) is 5. The van der Waals surface area contributed by atoms with Gasteiger partial charge >= 0.3 is 11.9 Å². The summed E-state index contributed by atoms with van der Waals surface area (Å²) in [6, 6.07) is -1.33. The van der Waals surface area contributed by atoms with Crippen LogP contribution in [0, 0.1) is 0 Å². The largest absolute Gasteiger partial charge is 0.480 e. The first-order chi connectivity index (χ1) is 7.74. The van der Waals surface area contributed by atoms with Crippen LogP contribution in [0.3, 0.4) is 0 Å². The second-order valence-electron chi connectivity index (χ2n) is 3.92. The molecule has 0 saturated heterocycles. The zero-order chi connectivity index (χ0) is 13.6. The summed E-state index contributed by atoms with van der Waals surface area (Å²) in [6.45, 7) is 3.19. The summed E-state index contributed by atoms with van der Waals surface area (Å²) in [7, 11) is 1.14. The van der Waals surface area contributed by atoms with Gasteiger partial charge < -0.3 is 20.9 Å². The van der Waals surface area contributed by atoms with Crippen molar-refractivity contribution in [1.29, 1.82) is 0 Å². The van der Waals surface area contributed by atoms with Crippen molar-refractivity contribution in [2.45, 2.75) is 38.3 Å². The quantitative estimate of drug-likeness (QED) is 0.530. The number of esters is 1. The highest BCUT2D eigenvalue weighted by atomic mass is 16.5. The van der Waals surface area contributed by atoms with E-state index in [4.69, 9.17) is 10.8 Å². The third kappa shape index (κ3) is 4.81. The minimum atomic E-state index is -1.33. The maximum absolute atomic E-state index is 11.6. The van der Waals surface area contributed by atoms with Gasteiger partial charge in [-0.15, -0.1) is 0 Å². The molecular weight excluding hydrogens is 228 g/mol. The van der Waals surface area contributed by atoms with Crippen LogP contribution >= 0.6 is 0 Å². The van der Waals surface area contributed by atoms with Gasteiger partial charge in [0, 0.05) is 0 Å². The molecule has 0 aliphatic heterocycles. The number of carboxylic acids is 1. The monoisotopic (exact) mass is 246 g/mol. The van der Waals surface area contributed by atoms with Crippen molar-refractivity contribution < 1.29 is 24.2 Å². The molecule has 7 heteroatoms. The highest BCUT2D eigenvalue weighted by Gasteiger charge is 2.31. The Morgan fingerprint density at radius 2 is 2.00 bits per heavy atom. The molecule has 0 heterocycles. The number of rotatable bonds is 6. The predicted molar refractivity (Wildman–Crippen MR) is 59.1 cm³/mol. The zero-order valence-corrected chi connectivity index (χ0v) is 10.1. The average molecular weight is 246 g/mol. The Bertz CT molecular complexity index is 314. The van der Waals surface area contributed by atoms with E-state index in [-0.39, 0.29) is 0 Å². The molecule has 7 nitrogen and oxygen atoms in total. The standard InChI is InChI=1S/C10H18N2O5/c1-4-10(2,11)9(16)12-6(8(14)15)5-7(13)17-3/h6H,4-5,11H2,1-3H3,(H,12,16)(H,14,15)/t6-,10?/m0/s1. The second kappa shape index (κ2) is 6.19. The minimum Gasteiger partial charge on any atom is -0.480 e. The van der Waals surface area contributed by atoms with Crippen LogP contribution in [0.1, 0.15) is 26.7 Å². The fourth-order valence-corrected chi connectivity index (χ4v) is 0.934. The molecule has 0 aromatic rings. The molecule has 17 heavy (non-hydrogen) atoms. The van der Waals surface area contributed by atoms with Crippen LogP contribution in [0.25, 0.3) is 0 Å². The highest BCUT2D eigenvalue weighted by Crippen LogP contribution is 2.06. The van der Waals surface area contributed by atoms with Crippen molar-refractivity contribution in [1.82, 2.24) is 5.32 Å². The van der Waals surface area contributed by atoms with Gasteiger partial charge in [0.2, 0.25) is 5.91 Å². The van der Waals surface area contributed by atoms with Crippen molar-refractivity contribution in [2.75, 3.05) is 7.11 Å². The molecule has 0 aliphatic rings. The number of nitrogens with one attached hydrogen (secondary N) is 1. The first kappa shape index (κ1) is 15.4. The summed E-state index contributed by atoms with van der Waals surface area (Å²) in [5.41, 5.74) is 4.49. The van der Waals surface area contributed by atoms with Crippen molar-refractivity contribution in [3.05, 3.63) is 0 Å². The molecule has 0 saturated carbocycles. The van der Waals surface area contributed by atoms with Gasteiger partial charge in [-0.3, -0.25) is 9.59 Å². The fraction of sp³-hybridized carbons (Fsp3) is 0.700. The Hall–Kier alpha value is -1.63. The van der Waals surface area contributed by atoms with E-state index < -0.39 is 35.8 Å². The summed E-state index contributed by atoms with van der Waals surface area (Å²) in [4.78, 5) is 33.4. The Morgan fingerprint density at radius 3 is 2.35 bits per heavy atom. The topological polar surface area (TPSA) is 119 Å². The van der Waals surface area contributed by atoms with E-state index in [0.29, 0.717) is 6.42 Å². The van der Waals surface area contributed by atoms with Gasteiger partial charge in [-0.05, 0) is 13.3 Å². The molecule has 0 fully saturated rings. The van der Waals surface area contributed by atoms with Crippen LogP contribution in [0.5, 0.6) is 0 Å². The molecule has 0 aromatic heterocycles. The molecule has 0 spiro atoms. The van der Waals surface area contributed by atoms with Gasteiger partial charge in [0.1, 0.15) is 6.04 Å². The highest BCUT2D eigenvalue weighted by molar-refractivity contribution is 5.91. The summed E-state index contributed by atoms with van der Waals surface area (Å²) in [6.07, 6.45) is -0.0826. The summed E-state index contributed by atoms with van der Waals surface area (Å²) in [5, 5.41) is 11.1. The lowest BCUT2D eigenvalue weighted by Crippen LogP contribution is -2.55. The normalized spacial score (nSPS) is 15.5. The lowest BCUT2D eigenvalue weighted by Gasteiger charge is -2.24. The second-order valence-corrected chi connectivity index (χ2v) is 3.92. The van der Waals surface area contributed by atoms with E-state index in [0.717, 1.165) is 7.11 Å². The van der Waals surface area contributed by atoms with Crippen LogP contribution in [-0.2, 0) is 19.1 Å². The molecule has 2 atom stereocenters. The summed E-state index contributed by atoms with van der Waals surface area (Å²) < 4.78 is 4.34. The van der Waals surface area contributed by atoms with Gasteiger partial charge in [-0.2, -0.15) is 0 Å². The van der Waals surface area contributed by atoms with Crippen molar-refractivity contribution in [3.63, 3.8) is 0 Å². The number of carbonyl (C=O) groups is 3. The third-order valence-electron chi connectivity index (χ3n) is 2.46. The fourth-order valence-electron chi connectivity index (χ4n) is 0.934. The molecule has 1 amide bonds. The number of ether oxygens (including phenoxy) is 1. The van der Waals surface area contributed by atoms with Crippen molar-refractivity contribution in [3.8, 4) is 0 Å². The summed E-state index contributed by atoms with van der Waals surface area (Å²) in [5.74, 6) is -2.64. The van der Waals surface area contributed by atoms with Crippen LogP contribution in [-0.4, -0.2) is 41.6 Å². The number of amides is 1. The minimum absolute atomic E-state index is 0.351. The maximum Gasteiger partial charge on any atom is 0.326 e. The van der Waals surface area contributed by atoms with Crippen LogP contribution in [0.2, 0.25) is 0 Å². The maximum atomic E-state index is 11.6. The smallest absolute Gasteiger partial charge is 0.326 e. The van der Waals surface area contributed by atoms with E-state index in [1.165, 1.54) is 6.92 Å². The molecular formula is C10H18N2O5. The van der Waals surface area contributed by atoms with Crippen LogP contribution in [0.15, 0.2) is 0 Å². The first-order valence-electron chi connectivity index (χ1n) is 5.14. The Morgan fingerprint density at radius 1 is 1.47 bits per heavy atom. The molecule has 1 unspecified atom stereocenters. The van der Waals surface area contributed by atoms with Crippen molar-refractivity contribution in [2.24, 2.45) is 5.73 Å². The van der Waals surface area contributed by atoms with E-state index in [1.807, 2.05) is 0 Å². The van der Waals surface area contributed by atoms with E-state index >= 15 is 0 Å². The van der Waals surface area contributed by atoms with Crippen molar-refractivity contribution >= 4 is 17.8 Å².